The maximum Gasteiger partial charge on any atom is 0.250 e. The molecule has 0 aromatic carbocycles. The highest BCUT2D eigenvalue weighted by molar-refractivity contribution is 5.92. The van der Waals surface area contributed by atoms with Gasteiger partial charge in [0.05, 0.1) is 5.56 Å². The molecule has 1 unspecified atom stereocenters. The van der Waals surface area contributed by atoms with Crippen LogP contribution in [-0.4, -0.2) is 30.0 Å². The maximum atomic E-state index is 10.9. The predicted molar refractivity (Wildman–Crippen MR) is 66.9 cm³/mol. The number of aromatic nitrogens is 1. The largest absolute Gasteiger partial charge is 0.366 e. The lowest BCUT2D eigenvalue weighted by atomic mass is 10.1. The van der Waals surface area contributed by atoms with Crippen molar-refractivity contribution in [2.24, 2.45) is 5.73 Å². The smallest absolute Gasteiger partial charge is 0.250 e. The fourth-order valence-corrected chi connectivity index (χ4v) is 1.98. The zero-order chi connectivity index (χ0) is 12.1. The van der Waals surface area contributed by atoms with Gasteiger partial charge < -0.3 is 16.4 Å². The third-order valence-electron chi connectivity index (χ3n) is 2.95. The highest BCUT2D eigenvalue weighted by Crippen LogP contribution is 2.11. The molecule has 0 spiro atoms. The molecule has 5 nitrogen and oxygen atoms in total. The van der Waals surface area contributed by atoms with Crippen molar-refractivity contribution in [1.29, 1.82) is 0 Å². The van der Waals surface area contributed by atoms with Gasteiger partial charge in [-0.15, -0.1) is 0 Å². The lowest BCUT2D eigenvalue weighted by Crippen LogP contribution is -2.31. The fraction of sp³-hybridized carbons (Fsp3) is 0.500. The Morgan fingerprint density at radius 1 is 1.47 bits per heavy atom. The summed E-state index contributed by atoms with van der Waals surface area (Å²) in [6, 6.07) is 3.90. The molecule has 2 heterocycles. The Balaban J connectivity index is 1.95. The second-order valence-electron chi connectivity index (χ2n) is 4.34. The van der Waals surface area contributed by atoms with Gasteiger partial charge in [-0.25, -0.2) is 4.98 Å². The number of hydrogen-bond donors (Lipinski definition) is 3. The van der Waals surface area contributed by atoms with Crippen LogP contribution in [0.5, 0.6) is 0 Å². The average molecular weight is 234 g/mol. The Bertz CT molecular complexity index is 369. The molecular weight excluding hydrogens is 216 g/mol. The van der Waals surface area contributed by atoms with Gasteiger partial charge in [-0.2, -0.15) is 0 Å². The molecule has 5 heteroatoms. The highest BCUT2D eigenvalue weighted by Gasteiger charge is 2.11. The Kier molecular flexibility index (Phi) is 3.93. The number of carbonyl (C=O) groups excluding carboxylic acids is 1. The summed E-state index contributed by atoms with van der Waals surface area (Å²) in [4.78, 5) is 15.1. The summed E-state index contributed by atoms with van der Waals surface area (Å²) in [7, 11) is 0. The monoisotopic (exact) mass is 234 g/mol. The van der Waals surface area contributed by atoms with E-state index in [9.17, 15) is 4.79 Å². The second kappa shape index (κ2) is 5.63. The van der Waals surface area contributed by atoms with E-state index in [2.05, 4.69) is 15.6 Å². The van der Waals surface area contributed by atoms with Crippen LogP contribution in [0.4, 0.5) is 5.82 Å². The summed E-state index contributed by atoms with van der Waals surface area (Å²) in [5.41, 5.74) is 5.60. The van der Waals surface area contributed by atoms with Crippen LogP contribution in [-0.2, 0) is 0 Å². The van der Waals surface area contributed by atoms with Gasteiger partial charge in [-0.05, 0) is 31.5 Å². The summed E-state index contributed by atoms with van der Waals surface area (Å²) < 4.78 is 0. The number of nitrogens with one attached hydrogen (secondary N) is 2. The van der Waals surface area contributed by atoms with Crippen LogP contribution < -0.4 is 16.4 Å². The topological polar surface area (TPSA) is 80.0 Å². The first-order chi connectivity index (χ1) is 8.25. The number of carbonyl (C=O) groups is 1. The normalized spacial score (nSPS) is 20.6. The molecule has 1 amide bonds. The van der Waals surface area contributed by atoms with Crippen molar-refractivity contribution < 1.29 is 4.79 Å². The van der Waals surface area contributed by atoms with E-state index in [0.29, 0.717) is 11.6 Å². The van der Waals surface area contributed by atoms with Gasteiger partial charge in [-0.3, -0.25) is 4.79 Å². The Morgan fingerprint density at radius 2 is 2.35 bits per heavy atom. The first-order valence-corrected chi connectivity index (χ1v) is 5.99. The van der Waals surface area contributed by atoms with Gasteiger partial charge in [0.15, 0.2) is 0 Å². The van der Waals surface area contributed by atoms with Crippen molar-refractivity contribution in [2.75, 3.05) is 18.4 Å². The lowest BCUT2D eigenvalue weighted by Gasteiger charge is -2.16. The predicted octanol–water partition coefficient (Wildman–Crippen LogP) is 0.734. The molecule has 1 atom stereocenters. The van der Waals surface area contributed by atoms with E-state index in [4.69, 9.17) is 5.73 Å². The molecule has 0 saturated carbocycles. The van der Waals surface area contributed by atoms with Crippen LogP contribution in [0, 0.1) is 0 Å². The minimum Gasteiger partial charge on any atom is -0.366 e. The molecule has 1 aliphatic heterocycles. The molecule has 1 aliphatic rings. The van der Waals surface area contributed by atoms with Gasteiger partial charge in [0.25, 0.3) is 0 Å². The van der Waals surface area contributed by atoms with Crippen molar-refractivity contribution in [1.82, 2.24) is 10.3 Å². The molecule has 92 valence electrons. The van der Waals surface area contributed by atoms with Crippen LogP contribution >= 0.6 is 0 Å². The van der Waals surface area contributed by atoms with Crippen molar-refractivity contribution >= 4 is 11.7 Å². The zero-order valence-electron chi connectivity index (χ0n) is 9.78. The van der Waals surface area contributed by atoms with Crippen molar-refractivity contribution in [3.05, 3.63) is 23.9 Å². The summed E-state index contributed by atoms with van der Waals surface area (Å²) >= 11 is 0. The van der Waals surface area contributed by atoms with E-state index < -0.39 is 5.91 Å². The quantitative estimate of drug-likeness (QED) is 0.720. The van der Waals surface area contributed by atoms with Gasteiger partial charge in [-0.1, -0.05) is 6.42 Å². The number of amides is 1. The average Bonchev–Trinajstić information content (AvgIpc) is 2.58. The standard InChI is InChI=1S/C12H18N4O/c13-12(17)9-4-5-11(15-7-9)16-10-3-1-2-6-14-8-10/h4-5,7,10,14H,1-3,6,8H2,(H2,13,17)(H,15,16). The second-order valence-corrected chi connectivity index (χ2v) is 4.34. The van der Waals surface area contributed by atoms with E-state index >= 15 is 0 Å². The molecule has 1 aromatic rings. The number of primary amides is 1. The number of anilines is 1. The maximum absolute atomic E-state index is 10.9. The first kappa shape index (κ1) is 11.9. The van der Waals surface area contributed by atoms with Crippen LogP contribution in [0.3, 0.4) is 0 Å². The molecule has 0 radical (unpaired) electrons. The first-order valence-electron chi connectivity index (χ1n) is 5.99. The highest BCUT2D eigenvalue weighted by atomic mass is 16.1. The zero-order valence-corrected chi connectivity index (χ0v) is 9.78. The van der Waals surface area contributed by atoms with Crippen molar-refractivity contribution in [3.63, 3.8) is 0 Å². The number of rotatable bonds is 3. The van der Waals surface area contributed by atoms with Crippen LogP contribution in [0.1, 0.15) is 29.6 Å². The van der Waals surface area contributed by atoms with Crippen LogP contribution in [0.25, 0.3) is 0 Å². The SMILES string of the molecule is NC(=O)c1ccc(NC2CCCCNC2)nc1. The van der Waals surface area contributed by atoms with E-state index in [-0.39, 0.29) is 0 Å². The minimum absolute atomic E-state index is 0.407. The number of pyridine rings is 1. The summed E-state index contributed by atoms with van der Waals surface area (Å²) in [5, 5.41) is 6.74. The summed E-state index contributed by atoms with van der Waals surface area (Å²) in [6.07, 6.45) is 5.11. The fourth-order valence-electron chi connectivity index (χ4n) is 1.98. The molecule has 0 aliphatic carbocycles. The van der Waals surface area contributed by atoms with Gasteiger partial charge in [0.1, 0.15) is 5.82 Å². The molecule has 1 aromatic heterocycles. The Hall–Kier alpha value is -1.62. The van der Waals surface area contributed by atoms with E-state index in [1.807, 2.05) is 0 Å². The number of hydrogen-bond acceptors (Lipinski definition) is 4. The molecule has 0 bridgehead atoms. The summed E-state index contributed by atoms with van der Waals surface area (Å²) in [6.45, 7) is 2.05. The molecule has 1 saturated heterocycles. The molecule has 1 fully saturated rings. The van der Waals surface area contributed by atoms with Gasteiger partial charge in [0.2, 0.25) is 5.91 Å². The summed E-state index contributed by atoms with van der Waals surface area (Å²) in [5.74, 6) is 0.351. The molecule has 2 rings (SSSR count). The number of nitrogens with two attached hydrogens (primary N) is 1. The van der Waals surface area contributed by atoms with Gasteiger partial charge in [0, 0.05) is 18.8 Å². The Morgan fingerprint density at radius 3 is 3.06 bits per heavy atom. The Labute approximate surface area is 101 Å². The van der Waals surface area contributed by atoms with E-state index in [0.717, 1.165) is 25.3 Å². The number of nitrogens with zero attached hydrogens (tertiary/aromatic N) is 1. The van der Waals surface area contributed by atoms with Crippen molar-refractivity contribution in [2.45, 2.75) is 25.3 Å². The van der Waals surface area contributed by atoms with E-state index in [1.165, 1.54) is 19.0 Å². The lowest BCUT2D eigenvalue weighted by molar-refractivity contribution is 0.1000. The third kappa shape index (κ3) is 3.42. The molecular formula is C12H18N4O. The van der Waals surface area contributed by atoms with Crippen LogP contribution in [0.15, 0.2) is 18.3 Å². The van der Waals surface area contributed by atoms with Gasteiger partial charge >= 0.3 is 0 Å². The van der Waals surface area contributed by atoms with Crippen molar-refractivity contribution in [3.8, 4) is 0 Å². The minimum atomic E-state index is -0.444. The molecule has 17 heavy (non-hydrogen) atoms. The molecule has 4 N–H and O–H groups in total. The van der Waals surface area contributed by atoms with Crippen LogP contribution in [0.2, 0.25) is 0 Å². The van der Waals surface area contributed by atoms with E-state index in [1.54, 1.807) is 12.1 Å². The third-order valence-corrected chi connectivity index (χ3v) is 2.95.